The van der Waals surface area contributed by atoms with Gasteiger partial charge in [0, 0.05) is 19.2 Å². The van der Waals surface area contributed by atoms with Crippen molar-refractivity contribution < 1.29 is 9.53 Å². The summed E-state index contributed by atoms with van der Waals surface area (Å²) in [4.78, 5) is 11.8. The number of rotatable bonds is 9. The van der Waals surface area contributed by atoms with E-state index < -0.39 is 0 Å². The van der Waals surface area contributed by atoms with E-state index in [1.807, 2.05) is 31.2 Å². The zero-order valence-corrected chi connectivity index (χ0v) is 13.7. The van der Waals surface area contributed by atoms with Gasteiger partial charge in [-0.25, -0.2) is 0 Å². The zero-order chi connectivity index (χ0) is 14.8. The molecule has 0 aliphatic rings. The van der Waals surface area contributed by atoms with Crippen LogP contribution in [0.5, 0.6) is 0 Å². The zero-order valence-electron chi connectivity index (χ0n) is 12.9. The first kappa shape index (κ1) is 19.9. The maximum atomic E-state index is 11.8. The van der Waals surface area contributed by atoms with Crippen LogP contribution < -0.4 is 11.1 Å². The van der Waals surface area contributed by atoms with Crippen molar-refractivity contribution in [3.63, 3.8) is 0 Å². The first-order chi connectivity index (χ1) is 9.67. The van der Waals surface area contributed by atoms with Gasteiger partial charge in [0.05, 0.1) is 6.10 Å². The quantitative estimate of drug-likeness (QED) is 0.684. The van der Waals surface area contributed by atoms with Gasteiger partial charge in [0.2, 0.25) is 5.91 Å². The van der Waals surface area contributed by atoms with Gasteiger partial charge in [-0.3, -0.25) is 4.79 Å². The molecule has 0 fully saturated rings. The van der Waals surface area contributed by atoms with Crippen LogP contribution in [0.2, 0.25) is 0 Å². The summed E-state index contributed by atoms with van der Waals surface area (Å²) in [6.45, 7) is 2.72. The van der Waals surface area contributed by atoms with Crippen LogP contribution >= 0.6 is 12.4 Å². The van der Waals surface area contributed by atoms with Gasteiger partial charge in [-0.1, -0.05) is 25.0 Å². The van der Waals surface area contributed by atoms with Crippen molar-refractivity contribution in [2.45, 2.75) is 45.1 Å². The number of hydrogen-bond donors (Lipinski definition) is 2. The largest absolute Gasteiger partial charge is 0.377 e. The summed E-state index contributed by atoms with van der Waals surface area (Å²) in [6, 6.07) is 7.79. The monoisotopic (exact) mass is 314 g/mol. The second kappa shape index (κ2) is 11.5. The van der Waals surface area contributed by atoms with Gasteiger partial charge in [-0.05, 0) is 44.0 Å². The second-order valence-corrected chi connectivity index (χ2v) is 5.00. The van der Waals surface area contributed by atoms with Crippen molar-refractivity contribution in [2.75, 3.05) is 19.0 Å². The van der Waals surface area contributed by atoms with Crippen LogP contribution in [-0.4, -0.2) is 19.6 Å². The van der Waals surface area contributed by atoms with E-state index >= 15 is 0 Å². The Morgan fingerprint density at radius 3 is 2.67 bits per heavy atom. The minimum absolute atomic E-state index is 0. The molecule has 3 N–H and O–H groups in total. The number of carbonyl (C=O) groups is 1. The fraction of sp³-hybridized carbons (Fsp3) is 0.562. The number of carbonyl (C=O) groups excluding carboxylic acids is 1. The van der Waals surface area contributed by atoms with Gasteiger partial charge in [0.1, 0.15) is 0 Å². The lowest BCUT2D eigenvalue weighted by molar-refractivity contribution is -0.116. The standard InChI is InChI=1S/C16H26N2O2.ClH/c1-13(20-2)14-8-7-9-15(12-14)18-16(19)10-5-3-4-6-11-17;/h7-9,12-13H,3-6,10-11,17H2,1-2H3,(H,18,19);1H. The number of amides is 1. The Kier molecular flexibility index (Phi) is 10.9. The predicted octanol–water partition coefficient (Wildman–Crippen LogP) is 3.66. The lowest BCUT2D eigenvalue weighted by atomic mass is 10.1. The molecule has 0 bridgehead atoms. The van der Waals surface area contributed by atoms with Gasteiger partial charge in [0.25, 0.3) is 0 Å². The molecule has 0 saturated carbocycles. The topological polar surface area (TPSA) is 64.3 Å². The molecular weight excluding hydrogens is 288 g/mol. The molecule has 0 saturated heterocycles. The minimum Gasteiger partial charge on any atom is -0.377 e. The molecule has 1 amide bonds. The Morgan fingerprint density at radius 2 is 2.00 bits per heavy atom. The van der Waals surface area contributed by atoms with E-state index in [4.69, 9.17) is 10.5 Å². The normalized spacial score (nSPS) is 11.6. The average Bonchev–Trinajstić information content (AvgIpc) is 2.46. The van der Waals surface area contributed by atoms with E-state index in [1.54, 1.807) is 7.11 Å². The molecule has 0 radical (unpaired) electrons. The maximum Gasteiger partial charge on any atom is 0.224 e. The number of benzene rings is 1. The molecule has 21 heavy (non-hydrogen) atoms. The molecule has 1 aromatic rings. The van der Waals surface area contributed by atoms with Gasteiger partial charge in [-0.15, -0.1) is 12.4 Å². The molecule has 0 aliphatic heterocycles. The number of hydrogen-bond acceptors (Lipinski definition) is 3. The molecule has 5 heteroatoms. The van der Waals surface area contributed by atoms with Crippen molar-refractivity contribution in [3.05, 3.63) is 29.8 Å². The number of halogens is 1. The number of methoxy groups -OCH3 is 1. The Bertz CT molecular complexity index is 413. The molecule has 0 aliphatic carbocycles. The van der Waals surface area contributed by atoms with E-state index in [1.165, 1.54) is 0 Å². The molecule has 0 spiro atoms. The van der Waals surface area contributed by atoms with E-state index in [0.29, 0.717) is 6.42 Å². The van der Waals surface area contributed by atoms with E-state index in [-0.39, 0.29) is 24.4 Å². The summed E-state index contributed by atoms with van der Waals surface area (Å²) < 4.78 is 5.28. The third kappa shape index (κ3) is 8.05. The van der Waals surface area contributed by atoms with Crippen LogP contribution in [0.3, 0.4) is 0 Å². The van der Waals surface area contributed by atoms with Crippen LogP contribution in [-0.2, 0) is 9.53 Å². The van der Waals surface area contributed by atoms with Crippen LogP contribution in [0, 0.1) is 0 Å². The van der Waals surface area contributed by atoms with Crippen molar-refractivity contribution >= 4 is 24.0 Å². The first-order valence-corrected chi connectivity index (χ1v) is 7.30. The highest BCUT2D eigenvalue weighted by Gasteiger charge is 2.06. The van der Waals surface area contributed by atoms with Gasteiger partial charge >= 0.3 is 0 Å². The summed E-state index contributed by atoms with van der Waals surface area (Å²) in [7, 11) is 1.68. The number of unbranched alkanes of at least 4 members (excludes halogenated alkanes) is 3. The van der Waals surface area contributed by atoms with Crippen LogP contribution in [0.4, 0.5) is 5.69 Å². The van der Waals surface area contributed by atoms with E-state index in [0.717, 1.165) is 43.5 Å². The smallest absolute Gasteiger partial charge is 0.224 e. The Morgan fingerprint density at radius 1 is 1.29 bits per heavy atom. The molecule has 1 aromatic carbocycles. The Balaban J connectivity index is 0.00000400. The molecular formula is C16H27ClN2O2. The Labute approximate surface area is 133 Å². The van der Waals surface area contributed by atoms with Gasteiger partial charge in [-0.2, -0.15) is 0 Å². The first-order valence-electron chi connectivity index (χ1n) is 7.30. The molecule has 0 aromatic heterocycles. The molecule has 1 atom stereocenters. The highest BCUT2D eigenvalue weighted by molar-refractivity contribution is 5.90. The van der Waals surface area contributed by atoms with Crippen molar-refractivity contribution in [3.8, 4) is 0 Å². The lowest BCUT2D eigenvalue weighted by Crippen LogP contribution is -2.11. The van der Waals surface area contributed by atoms with Crippen LogP contribution in [0.1, 0.15) is 50.7 Å². The molecule has 0 heterocycles. The average molecular weight is 315 g/mol. The number of anilines is 1. The molecule has 4 nitrogen and oxygen atoms in total. The highest BCUT2D eigenvalue weighted by atomic mass is 35.5. The summed E-state index contributed by atoms with van der Waals surface area (Å²) in [5.41, 5.74) is 7.33. The summed E-state index contributed by atoms with van der Waals surface area (Å²) >= 11 is 0. The lowest BCUT2D eigenvalue weighted by Gasteiger charge is -2.12. The Hall–Kier alpha value is -1.10. The second-order valence-electron chi connectivity index (χ2n) is 5.00. The van der Waals surface area contributed by atoms with Crippen molar-refractivity contribution in [1.82, 2.24) is 0 Å². The minimum atomic E-state index is 0. The highest BCUT2D eigenvalue weighted by Crippen LogP contribution is 2.19. The van der Waals surface area contributed by atoms with Crippen LogP contribution in [0.15, 0.2) is 24.3 Å². The molecule has 1 rings (SSSR count). The number of nitrogens with one attached hydrogen (secondary N) is 1. The maximum absolute atomic E-state index is 11.8. The van der Waals surface area contributed by atoms with Crippen molar-refractivity contribution in [1.29, 1.82) is 0 Å². The molecule has 1 unspecified atom stereocenters. The molecule has 120 valence electrons. The third-order valence-corrected chi connectivity index (χ3v) is 3.35. The fourth-order valence-corrected chi connectivity index (χ4v) is 2.01. The van der Waals surface area contributed by atoms with Crippen LogP contribution in [0.25, 0.3) is 0 Å². The predicted molar refractivity (Wildman–Crippen MR) is 89.9 cm³/mol. The number of nitrogens with two attached hydrogens (primary N) is 1. The summed E-state index contributed by atoms with van der Waals surface area (Å²) in [5, 5.41) is 2.93. The summed E-state index contributed by atoms with van der Waals surface area (Å²) in [6.07, 6.45) is 4.71. The fourth-order valence-electron chi connectivity index (χ4n) is 2.01. The van der Waals surface area contributed by atoms with Crippen molar-refractivity contribution in [2.24, 2.45) is 5.73 Å². The van der Waals surface area contributed by atoms with Gasteiger partial charge < -0.3 is 15.8 Å². The van der Waals surface area contributed by atoms with Gasteiger partial charge in [0.15, 0.2) is 0 Å². The number of ether oxygens (including phenoxy) is 1. The van der Waals surface area contributed by atoms with E-state index in [2.05, 4.69) is 5.32 Å². The summed E-state index contributed by atoms with van der Waals surface area (Å²) in [5.74, 6) is 0.0694. The van der Waals surface area contributed by atoms with E-state index in [9.17, 15) is 4.79 Å². The third-order valence-electron chi connectivity index (χ3n) is 3.35. The SMILES string of the molecule is COC(C)c1cccc(NC(=O)CCCCCCN)c1.Cl.